The average Bonchev–Trinajstić information content (AvgIpc) is 3.12. The molecule has 1 fully saturated rings. The number of amides is 2. The highest BCUT2D eigenvalue weighted by atomic mass is 19.1. The van der Waals surface area contributed by atoms with Crippen LogP contribution in [-0.4, -0.2) is 30.9 Å². The smallest absolute Gasteiger partial charge is 0.257 e. The minimum Gasteiger partial charge on any atom is -0.371 e. The molecule has 1 aliphatic heterocycles. The van der Waals surface area contributed by atoms with Crippen molar-refractivity contribution in [3.05, 3.63) is 59.7 Å². The lowest BCUT2D eigenvalue weighted by Crippen LogP contribution is -2.47. The molecular weight excluding hydrogens is 388 g/mol. The van der Waals surface area contributed by atoms with Gasteiger partial charge in [-0.05, 0) is 54.7 Å². The van der Waals surface area contributed by atoms with Gasteiger partial charge in [-0.25, -0.2) is 8.78 Å². The highest BCUT2D eigenvalue weighted by Crippen LogP contribution is 2.25. The fourth-order valence-electron chi connectivity index (χ4n) is 3.61. The molecule has 2 aromatic carbocycles. The lowest BCUT2D eigenvalue weighted by molar-refractivity contribution is -0.118. The van der Waals surface area contributed by atoms with Crippen LogP contribution in [0.25, 0.3) is 0 Å². The Kier molecular flexibility index (Phi) is 6.70. The van der Waals surface area contributed by atoms with Gasteiger partial charge in [-0.2, -0.15) is 0 Å². The third kappa shape index (κ3) is 4.96. The first-order chi connectivity index (χ1) is 14.3. The second-order valence-corrected chi connectivity index (χ2v) is 8.17. The van der Waals surface area contributed by atoms with Gasteiger partial charge in [0.05, 0.1) is 0 Å². The fourth-order valence-corrected chi connectivity index (χ4v) is 3.61. The van der Waals surface area contributed by atoms with E-state index in [2.05, 4.69) is 22.5 Å². The van der Waals surface area contributed by atoms with Crippen LogP contribution in [0, 0.1) is 23.5 Å². The van der Waals surface area contributed by atoms with Crippen LogP contribution < -0.4 is 15.5 Å². The molecule has 2 unspecified atom stereocenters. The quantitative estimate of drug-likeness (QED) is 0.743. The number of benzene rings is 2. The van der Waals surface area contributed by atoms with E-state index in [-0.39, 0.29) is 5.92 Å². The molecule has 0 bridgehead atoms. The summed E-state index contributed by atoms with van der Waals surface area (Å²) in [5, 5.41) is 5.23. The molecule has 0 aliphatic carbocycles. The molecule has 2 aromatic rings. The van der Waals surface area contributed by atoms with E-state index < -0.39 is 35.1 Å². The summed E-state index contributed by atoms with van der Waals surface area (Å²) >= 11 is 0. The fraction of sp³-hybridized carbons (Fsp3) is 0.391. The number of hydrogen-bond donors (Lipinski definition) is 2. The molecule has 1 saturated heterocycles. The van der Waals surface area contributed by atoms with E-state index in [0.29, 0.717) is 11.6 Å². The maximum atomic E-state index is 13.9. The highest BCUT2D eigenvalue weighted by molar-refractivity contribution is 6.01. The van der Waals surface area contributed by atoms with Crippen LogP contribution >= 0.6 is 0 Å². The summed E-state index contributed by atoms with van der Waals surface area (Å²) in [6.45, 7) is 7.75. The van der Waals surface area contributed by atoms with E-state index in [1.807, 2.05) is 24.3 Å². The van der Waals surface area contributed by atoms with Gasteiger partial charge in [-0.15, -0.1) is 0 Å². The van der Waals surface area contributed by atoms with Gasteiger partial charge in [0.1, 0.15) is 23.2 Å². The topological polar surface area (TPSA) is 61.4 Å². The van der Waals surface area contributed by atoms with E-state index in [9.17, 15) is 18.4 Å². The van der Waals surface area contributed by atoms with Gasteiger partial charge in [0.15, 0.2) is 0 Å². The van der Waals surface area contributed by atoms with Crippen LogP contribution in [0.4, 0.5) is 20.2 Å². The highest BCUT2D eigenvalue weighted by Gasteiger charge is 2.27. The Balaban J connectivity index is 1.67. The summed E-state index contributed by atoms with van der Waals surface area (Å²) in [6.07, 6.45) is 1.16. The van der Waals surface area contributed by atoms with E-state index in [4.69, 9.17) is 0 Å². The number of carbonyl (C=O) groups excluding carboxylic acids is 2. The van der Waals surface area contributed by atoms with Crippen molar-refractivity contribution < 1.29 is 18.4 Å². The second-order valence-electron chi connectivity index (χ2n) is 8.17. The number of nitrogens with zero attached hydrogens (tertiary/aromatic N) is 1. The monoisotopic (exact) mass is 415 g/mol. The summed E-state index contributed by atoms with van der Waals surface area (Å²) in [5.41, 5.74) is 0.995. The van der Waals surface area contributed by atoms with E-state index >= 15 is 0 Å². The van der Waals surface area contributed by atoms with Crippen LogP contribution in [0.1, 0.15) is 37.6 Å². The molecule has 0 spiro atoms. The van der Waals surface area contributed by atoms with Gasteiger partial charge in [0, 0.05) is 24.5 Å². The Morgan fingerprint density at radius 2 is 1.70 bits per heavy atom. The van der Waals surface area contributed by atoms with Crippen molar-refractivity contribution in [1.82, 2.24) is 5.32 Å². The third-order valence-electron chi connectivity index (χ3n) is 5.35. The third-order valence-corrected chi connectivity index (χ3v) is 5.35. The van der Waals surface area contributed by atoms with Crippen LogP contribution in [0.5, 0.6) is 0 Å². The Morgan fingerprint density at radius 1 is 1.07 bits per heavy atom. The minimum absolute atomic E-state index is 0.283. The zero-order valence-electron chi connectivity index (χ0n) is 17.4. The van der Waals surface area contributed by atoms with Crippen LogP contribution in [0.2, 0.25) is 0 Å². The normalized spacial score (nSPS) is 17.1. The minimum atomic E-state index is -0.970. The summed E-state index contributed by atoms with van der Waals surface area (Å²) in [7, 11) is 0. The summed E-state index contributed by atoms with van der Waals surface area (Å²) in [5.74, 6) is -2.96. The molecule has 3 rings (SSSR count). The summed E-state index contributed by atoms with van der Waals surface area (Å²) in [4.78, 5) is 27.5. The molecule has 1 heterocycles. The number of rotatable bonds is 6. The van der Waals surface area contributed by atoms with E-state index in [1.165, 1.54) is 6.07 Å². The molecule has 30 heavy (non-hydrogen) atoms. The van der Waals surface area contributed by atoms with Crippen LogP contribution in [0.15, 0.2) is 42.5 Å². The van der Waals surface area contributed by atoms with Crippen molar-refractivity contribution in [2.75, 3.05) is 23.3 Å². The van der Waals surface area contributed by atoms with Crippen molar-refractivity contribution in [1.29, 1.82) is 0 Å². The van der Waals surface area contributed by atoms with Gasteiger partial charge in [0.2, 0.25) is 5.91 Å². The van der Waals surface area contributed by atoms with Crippen molar-refractivity contribution in [3.8, 4) is 0 Å². The van der Waals surface area contributed by atoms with Crippen molar-refractivity contribution in [3.63, 3.8) is 0 Å². The molecular formula is C23H27F2N3O2. The molecule has 2 N–H and O–H groups in total. The Morgan fingerprint density at radius 3 is 2.23 bits per heavy atom. The van der Waals surface area contributed by atoms with Crippen molar-refractivity contribution in [2.45, 2.75) is 33.2 Å². The van der Waals surface area contributed by atoms with E-state index in [1.54, 1.807) is 13.8 Å². The molecule has 1 aliphatic rings. The van der Waals surface area contributed by atoms with Crippen molar-refractivity contribution >= 4 is 23.2 Å². The molecule has 0 radical (unpaired) electrons. The summed E-state index contributed by atoms with van der Waals surface area (Å²) in [6, 6.07) is 9.77. The first-order valence-electron chi connectivity index (χ1n) is 10.2. The Labute approximate surface area is 175 Å². The van der Waals surface area contributed by atoms with Gasteiger partial charge < -0.3 is 15.5 Å². The van der Waals surface area contributed by atoms with Gasteiger partial charge in [-0.3, -0.25) is 9.59 Å². The average molecular weight is 415 g/mol. The number of anilines is 2. The lowest BCUT2D eigenvalue weighted by Gasteiger charge is -2.22. The number of hydrogen-bond acceptors (Lipinski definition) is 3. The zero-order valence-corrected chi connectivity index (χ0v) is 17.4. The maximum absolute atomic E-state index is 13.9. The largest absolute Gasteiger partial charge is 0.371 e. The molecule has 2 atom stereocenters. The number of carbonyl (C=O) groups is 2. The Bertz CT molecular complexity index is 895. The molecule has 160 valence electrons. The molecule has 2 amide bonds. The predicted molar refractivity (Wildman–Crippen MR) is 114 cm³/mol. The second kappa shape index (κ2) is 9.24. The first kappa shape index (κ1) is 21.7. The predicted octanol–water partition coefficient (Wildman–Crippen LogP) is 4.20. The SMILES string of the molecule is CC1CCN(c2ccc(NC(=O)C(NC(=O)c3c(F)cccc3F)C(C)C)cc2)C1. The molecule has 5 nitrogen and oxygen atoms in total. The van der Waals surface area contributed by atoms with Crippen LogP contribution in [0.3, 0.4) is 0 Å². The lowest BCUT2D eigenvalue weighted by atomic mass is 10.0. The van der Waals surface area contributed by atoms with Gasteiger partial charge in [-0.1, -0.05) is 26.8 Å². The number of halogens is 2. The Hall–Kier alpha value is -2.96. The van der Waals surface area contributed by atoms with Gasteiger partial charge in [0.25, 0.3) is 5.91 Å². The van der Waals surface area contributed by atoms with E-state index in [0.717, 1.165) is 37.3 Å². The standard InChI is InChI=1S/C23H27F2N3O2/c1-14(2)21(27-22(29)20-18(24)5-4-6-19(20)25)23(30)26-16-7-9-17(10-8-16)28-12-11-15(3)13-28/h4-10,14-15,21H,11-13H2,1-3H3,(H,26,30)(H,27,29). The zero-order chi connectivity index (χ0) is 21.8. The van der Waals surface area contributed by atoms with Crippen molar-refractivity contribution in [2.24, 2.45) is 11.8 Å². The van der Waals surface area contributed by atoms with Gasteiger partial charge >= 0.3 is 0 Å². The molecule has 0 aromatic heterocycles. The molecule has 0 saturated carbocycles. The number of nitrogens with one attached hydrogen (secondary N) is 2. The maximum Gasteiger partial charge on any atom is 0.257 e. The first-order valence-corrected chi connectivity index (χ1v) is 10.2. The van der Waals surface area contributed by atoms with Crippen LogP contribution in [-0.2, 0) is 4.79 Å². The molecule has 7 heteroatoms. The summed E-state index contributed by atoms with van der Waals surface area (Å²) < 4.78 is 27.8.